The van der Waals surface area contributed by atoms with Crippen LogP contribution in [0.15, 0.2) is 12.2 Å². The Labute approximate surface area is 361 Å². The number of aliphatic hydroxyl groups is 6. The zero-order chi connectivity index (χ0) is 43.4. The van der Waals surface area contributed by atoms with Crippen LogP contribution >= 0.6 is 0 Å². The molecule has 0 radical (unpaired) electrons. The summed E-state index contributed by atoms with van der Waals surface area (Å²) in [6.45, 7) is 5.94. The number of nitrogens with one attached hydrogen (secondary N) is 1. The zero-order valence-electron chi connectivity index (χ0n) is 38.3. The van der Waals surface area contributed by atoms with Gasteiger partial charge in [-0.05, 0) is 25.2 Å². The van der Waals surface area contributed by atoms with E-state index in [1.807, 2.05) is 6.08 Å². The number of carbonyl (C=O) groups excluding carboxylic acids is 1. The maximum atomic E-state index is 13.1. The van der Waals surface area contributed by atoms with Crippen LogP contribution in [0.5, 0.6) is 0 Å². The highest BCUT2D eigenvalue weighted by atomic mass is 16.7. The van der Waals surface area contributed by atoms with Crippen LogP contribution in [0.2, 0.25) is 0 Å². The second kappa shape index (κ2) is 38.6. The van der Waals surface area contributed by atoms with Crippen molar-refractivity contribution in [2.24, 2.45) is 5.92 Å². The molecule has 1 amide bonds. The van der Waals surface area contributed by atoms with E-state index in [-0.39, 0.29) is 6.61 Å². The van der Waals surface area contributed by atoms with E-state index in [1.165, 1.54) is 154 Å². The Morgan fingerprint density at radius 3 is 1.47 bits per heavy atom. The standard InChI is InChI=1S/C49H95NO9/c1-4-5-6-7-8-9-10-11-12-13-14-15-16-17-18-21-25-28-31-34-37-43(53)48(57)50-41(39-58-49-47(56)46(55)45(54)44(38-51)59-49)42(52)36-33-30-27-24-22-19-20-23-26-29-32-35-40(2)3/h33,36,40-47,49,51-56H,4-32,34-35,37-39H2,1-3H3,(H,50,57). The molecule has 1 rings (SSSR count). The van der Waals surface area contributed by atoms with Gasteiger partial charge in [-0.15, -0.1) is 0 Å². The van der Waals surface area contributed by atoms with E-state index in [9.17, 15) is 35.4 Å². The molecule has 350 valence electrons. The first-order valence-electron chi connectivity index (χ1n) is 24.9. The number of carbonyl (C=O) groups is 1. The van der Waals surface area contributed by atoms with E-state index >= 15 is 0 Å². The van der Waals surface area contributed by atoms with Gasteiger partial charge in [0.2, 0.25) is 5.91 Å². The molecule has 59 heavy (non-hydrogen) atoms. The van der Waals surface area contributed by atoms with Crippen molar-refractivity contribution in [1.82, 2.24) is 5.32 Å². The third kappa shape index (κ3) is 29.8. The first-order valence-corrected chi connectivity index (χ1v) is 24.9. The molecule has 0 aliphatic carbocycles. The SMILES string of the molecule is CCCCCCCCCCCCCCCCCCCCCCC(O)C(=O)NC(COC1OC(CO)C(O)C(O)C1O)C(O)C=CCCCCCCCCCCCC(C)C. The summed E-state index contributed by atoms with van der Waals surface area (Å²) in [5, 5.41) is 64.8. The minimum atomic E-state index is -1.61. The molecule has 1 saturated heterocycles. The van der Waals surface area contributed by atoms with E-state index < -0.39 is 61.5 Å². The van der Waals surface area contributed by atoms with Crippen molar-refractivity contribution in [3.8, 4) is 0 Å². The smallest absolute Gasteiger partial charge is 0.249 e. The average Bonchev–Trinajstić information content (AvgIpc) is 3.22. The monoisotopic (exact) mass is 842 g/mol. The number of hydrogen-bond acceptors (Lipinski definition) is 9. The van der Waals surface area contributed by atoms with Crippen molar-refractivity contribution in [1.29, 1.82) is 0 Å². The van der Waals surface area contributed by atoms with Gasteiger partial charge < -0.3 is 45.4 Å². The maximum absolute atomic E-state index is 13.1. The minimum absolute atomic E-state index is 0.302. The summed E-state index contributed by atoms with van der Waals surface area (Å²) in [6, 6.07) is -0.976. The fraction of sp³-hybridized carbons (Fsp3) is 0.939. The number of allylic oxidation sites excluding steroid dienone is 1. The lowest BCUT2D eigenvalue weighted by molar-refractivity contribution is -0.302. The topological polar surface area (TPSA) is 169 Å². The number of rotatable bonds is 41. The third-order valence-corrected chi connectivity index (χ3v) is 12.1. The minimum Gasteiger partial charge on any atom is -0.394 e. The Morgan fingerprint density at radius 1 is 0.610 bits per heavy atom. The summed E-state index contributed by atoms with van der Waals surface area (Å²) < 4.78 is 11.2. The largest absolute Gasteiger partial charge is 0.394 e. The molecule has 1 aliphatic heterocycles. The summed E-state index contributed by atoms with van der Waals surface area (Å²) in [4.78, 5) is 13.1. The Balaban J connectivity index is 2.34. The number of hydrogen-bond donors (Lipinski definition) is 7. The van der Waals surface area contributed by atoms with Crippen LogP contribution in [-0.2, 0) is 14.3 Å². The van der Waals surface area contributed by atoms with E-state index in [0.717, 1.165) is 50.9 Å². The van der Waals surface area contributed by atoms with Crippen molar-refractivity contribution in [2.45, 2.75) is 275 Å². The molecule has 0 spiro atoms. The highest BCUT2D eigenvalue weighted by Gasteiger charge is 2.44. The highest BCUT2D eigenvalue weighted by molar-refractivity contribution is 5.80. The van der Waals surface area contributed by atoms with Crippen LogP contribution < -0.4 is 5.32 Å². The number of aliphatic hydroxyl groups excluding tert-OH is 6. The van der Waals surface area contributed by atoms with Gasteiger partial charge in [-0.2, -0.15) is 0 Å². The second-order valence-electron chi connectivity index (χ2n) is 18.2. The highest BCUT2D eigenvalue weighted by Crippen LogP contribution is 2.23. The number of ether oxygens (including phenoxy) is 2. The van der Waals surface area contributed by atoms with Gasteiger partial charge in [0.1, 0.15) is 30.5 Å². The van der Waals surface area contributed by atoms with Gasteiger partial charge in [0.15, 0.2) is 6.29 Å². The Morgan fingerprint density at radius 2 is 1.03 bits per heavy atom. The molecular formula is C49H95NO9. The van der Waals surface area contributed by atoms with Crippen LogP contribution in [0.1, 0.15) is 226 Å². The molecule has 8 unspecified atom stereocenters. The molecule has 1 aliphatic rings. The van der Waals surface area contributed by atoms with Crippen molar-refractivity contribution in [3.05, 3.63) is 12.2 Å². The predicted molar refractivity (Wildman–Crippen MR) is 241 cm³/mol. The number of amides is 1. The molecule has 0 aromatic rings. The van der Waals surface area contributed by atoms with Crippen molar-refractivity contribution >= 4 is 5.91 Å². The molecule has 8 atom stereocenters. The maximum Gasteiger partial charge on any atom is 0.249 e. The van der Waals surface area contributed by atoms with Crippen molar-refractivity contribution in [2.75, 3.05) is 13.2 Å². The third-order valence-electron chi connectivity index (χ3n) is 12.1. The van der Waals surface area contributed by atoms with E-state index in [1.54, 1.807) is 6.08 Å². The van der Waals surface area contributed by atoms with E-state index in [2.05, 4.69) is 26.1 Å². The molecule has 10 nitrogen and oxygen atoms in total. The average molecular weight is 842 g/mol. The lowest BCUT2D eigenvalue weighted by atomic mass is 9.99. The molecule has 0 bridgehead atoms. The fourth-order valence-corrected chi connectivity index (χ4v) is 8.05. The molecular weight excluding hydrogens is 747 g/mol. The van der Waals surface area contributed by atoms with Crippen LogP contribution in [0, 0.1) is 5.92 Å². The molecule has 0 aromatic heterocycles. The van der Waals surface area contributed by atoms with Crippen LogP contribution in [0.3, 0.4) is 0 Å². The predicted octanol–water partition coefficient (Wildman–Crippen LogP) is 9.72. The van der Waals surface area contributed by atoms with Crippen molar-refractivity contribution < 1.29 is 44.9 Å². The Bertz CT molecular complexity index is 966. The fourth-order valence-electron chi connectivity index (χ4n) is 8.05. The quantitative estimate of drug-likeness (QED) is 0.0234. The van der Waals surface area contributed by atoms with Gasteiger partial charge in [-0.3, -0.25) is 4.79 Å². The van der Waals surface area contributed by atoms with Crippen molar-refractivity contribution in [3.63, 3.8) is 0 Å². The Kier molecular flexibility index (Phi) is 36.5. The van der Waals surface area contributed by atoms with Gasteiger partial charge in [0, 0.05) is 0 Å². The molecule has 1 fully saturated rings. The Hall–Kier alpha value is -1.11. The zero-order valence-corrected chi connectivity index (χ0v) is 38.3. The van der Waals surface area contributed by atoms with Gasteiger partial charge in [-0.25, -0.2) is 0 Å². The molecule has 0 aromatic carbocycles. The summed E-state index contributed by atoms with van der Waals surface area (Å²) in [7, 11) is 0. The molecule has 7 N–H and O–H groups in total. The van der Waals surface area contributed by atoms with Crippen LogP contribution in [0.25, 0.3) is 0 Å². The first kappa shape index (κ1) is 55.9. The van der Waals surface area contributed by atoms with E-state index in [4.69, 9.17) is 9.47 Å². The van der Waals surface area contributed by atoms with Gasteiger partial charge >= 0.3 is 0 Å². The van der Waals surface area contributed by atoms with E-state index in [0.29, 0.717) is 6.42 Å². The normalized spacial score (nSPS) is 21.4. The summed E-state index contributed by atoms with van der Waals surface area (Å²) in [5.74, 6) is 0.179. The summed E-state index contributed by atoms with van der Waals surface area (Å²) in [6.07, 6.45) is 33.1. The summed E-state index contributed by atoms with van der Waals surface area (Å²) in [5.41, 5.74) is 0. The van der Waals surface area contributed by atoms with Crippen LogP contribution in [0.4, 0.5) is 0 Å². The molecule has 10 heteroatoms. The second-order valence-corrected chi connectivity index (χ2v) is 18.2. The van der Waals surface area contributed by atoms with Gasteiger partial charge in [0.05, 0.1) is 25.4 Å². The summed E-state index contributed by atoms with van der Waals surface area (Å²) >= 11 is 0. The lowest BCUT2D eigenvalue weighted by Gasteiger charge is -2.40. The number of unbranched alkanes of at least 4 members (excludes halogenated alkanes) is 28. The first-order chi connectivity index (χ1) is 28.6. The van der Waals surface area contributed by atoms with Gasteiger partial charge in [-0.1, -0.05) is 219 Å². The van der Waals surface area contributed by atoms with Gasteiger partial charge in [0.25, 0.3) is 0 Å². The molecule has 0 saturated carbocycles. The molecule has 1 heterocycles. The van der Waals surface area contributed by atoms with Crippen LogP contribution in [-0.4, -0.2) is 98.7 Å². The lowest BCUT2D eigenvalue weighted by Crippen LogP contribution is -2.60.